The third kappa shape index (κ3) is 2.82. The number of aliphatic hydroxyl groups is 1. The molecule has 0 spiro atoms. The van der Waals surface area contributed by atoms with Crippen LogP contribution in [0.2, 0.25) is 0 Å². The van der Waals surface area contributed by atoms with Crippen LogP contribution in [0.25, 0.3) is 11.0 Å². The molecule has 0 bridgehead atoms. The molecule has 0 aromatic carbocycles. The molecule has 5 N–H and O–H groups in total. The maximum atomic E-state index is 11.2. The minimum Gasteiger partial charge on any atom is -0.465 e. The summed E-state index contributed by atoms with van der Waals surface area (Å²) in [6.45, 7) is 3.81. The van der Waals surface area contributed by atoms with Crippen LogP contribution in [-0.4, -0.2) is 55.0 Å². The third-order valence-corrected chi connectivity index (χ3v) is 3.84. The van der Waals surface area contributed by atoms with Crippen LogP contribution < -0.4 is 11.1 Å². The summed E-state index contributed by atoms with van der Waals surface area (Å²) in [5, 5.41) is 22.4. The van der Waals surface area contributed by atoms with Crippen LogP contribution >= 0.6 is 0 Å². The number of likely N-dealkylation sites (tertiary alicyclic amines) is 1. The fourth-order valence-corrected chi connectivity index (χ4v) is 2.89. The molecule has 2 unspecified atom stereocenters. The summed E-state index contributed by atoms with van der Waals surface area (Å²) in [5.41, 5.74) is 8.19. The SMILES string of the molecule is Cc1cc(C)c2c(N)nc(NC3CC(O)CN3C(=O)O)nc2n1. The number of β-amino-alcohol motifs (C(OH)–C–C–N with tert-alkyl or cyclic N) is 1. The van der Waals surface area contributed by atoms with Crippen molar-refractivity contribution < 1.29 is 15.0 Å². The van der Waals surface area contributed by atoms with E-state index >= 15 is 0 Å². The van der Waals surface area contributed by atoms with Crippen molar-refractivity contribution in [3.05, 3.63) is 17.3 Å². The van der Waals surface area contributed by atoms with Crippen molar-refractivity contribution in [3.63, 3.8) is 0 Å². The van der Waals surface area contributed by atoms with Gasteiger partial charge in [0.15, 0.2) is 5.65 Å². The zero-order chi connectivity index (χ0) is 16.7. The molecule has 2 atom stereocenters. The van der Waals surface area contributed by atoms with Gasteiger partial charge in [-0.05, 0) is 25.5 Å². The van der Waals surface area contributed by atoms with Crippen molar-refractivity contribution in [2.75, 3.05) is 17.6 Å². The van der Waals surface area contributed by atoms with Gasteiger partial charge in [-0.3, -0.25) is 4.90 Å². The second kappa shape index (κ2) is 5.51. The Bertz CT molecular complexity index is 781. The second-order valence-electron chi connectivity index (χ2n) is 5.70. The van der Waals surface area contributed by atoms with E-state index < -0.39 is 18.4 Å². The summed E-state index contributed by atoms with van der Waals surface area (Å²) in [7, 11) is 0. The molecule has 0 radical (unpaired) electrons. The van der Waals surface area contributed by atoms with Crippen molar-refractivity contribution in [3.8, 4) is 0 Å². The molecule has 1 amide bonds. The number of nitrogen functional groups attached to an aromatic ring is 1. The molecule has 3 rings (SSSR count). The Morgan fingerprint density at radius 1 is 1.39 bits per heavy atom. The fourth-order valence-electron chi connectivity index (χ4n) is 2.89. The van der Waals surface area contributed by atoms with Gasteiger partial charge in [0.25, 0.3) is 0 Å². The number of carbonyl (C=O) groups is 1. The van der Waals surface area contributed by atoms with Gasteiger partial charge in [-0.2, -0.15) is 9.97 Å². The molecular weight excluding hydrogens is 300 g/mol. The molecular formula is C14H18N6O3. The number of aryl methyl sites for hydroxylation is 2. The van der Waals surface area contributed by atoms with Gasteiger partial charge in [-0.1, -0.05) is 0 Å². The summed E-state index contributed by atoms with van der Waals surface area (Å²) in [6.07, 6.45) is -2.18. The first-order valence-electron chi connectivity index (χ1n) is 7.21. The molecule has 9 nitrogen and oxygen atoms in total. The van der Waals surface area contributed by atoms with Gasteiger partial charge in [0, 0.05) is 12.1 Å². The van der Waals surface area contributed by atoms with E-state index in [9.17, 15) is 15.0 Å². The molecule has 3 heterocycles. The number of anilines is 2. The summed E-state index contributed by atoms with van der Waals surface area (Å²) in [6, 6.07) is 1.90. The largest absolute Gasteiger partial charge is 0.465 e. The maximum Gasteiger partial charge on any atom is 0.409 e. The Morgan fingerprint density at radius 3 is 2.83 bits per heavy atom. The predicted molar refractivity (Wildman–Crippen MR) is 84.0 cm³/mol. The lowest BCUT2D eigenvalue weighted by atomic mass is 10.1. The van der Waals surface area contributed by atoms with Gasteiger partial charge in [-0.15, -0.1) is 0 Å². The van der Waals surface area contributed by atoms with E-state index in [2.05, 4.69) is 20.3 Å². The number of aliphatic hydroxyl groups excluding tert-OH is 1. The van der Waals surface area contributed by atoms with Gasteiger partial charge in [0.2, 0.25) is 5.95 Å². The van der Waals surface area contributed by atoms with Crippen molar-refractivity contribution in [2.45, 2.75) is 32.5 Å². The number of carboxylic acid groups (broad SMARTS) is 1. The smallest absolute Gasteiger partial charge is 0.409 e. The van der Waals surface area contributed by atoms with Gasteiger partial charge in [0.1, 0.15) is 12.0 Å². The normalized spacial score (nSPS) is 20.9. The molecule has 9 heteroatoms. The van der Waals surface area contributed by atoms with Crippen LogP contribution in [-0.2, 0) is 0 Å². The summed E-state index contributed by atoms with van der Waals surface area (Å²) in [4.78, 5) is 25.2. The first-order chi connectivity index (χ1) is 10.8. The number of fused-ring (bicyclic) bond motifs is 1. The molecule has 0 aliphatic carbocycles. The molecule has 0 saturated carbocycles. The zero-order valence-corrected chi connectivity index (χ0v) is 12.8. The molecule has 23 heavy (non-hydrogen) atoms. The standard InChI is InChI=1S/C14H18N6O3/c1-6-3-7(2)16-12-10(6)11(15)18-13(19-12)17-9-4-8(21)5-20(9)14(22)23/h3,8-9,21H,4-5H2,1-2H3,(H,22,23)(H3,15,16,17,18,19). The highest BCUT2D eigenvalue weighted by molar-refractivity contribution is 5.89. The Hall–Kier alpha value is -2.68. The molecule has 122 valence electrons. The third-order valence-electron chi connectivity index (χ3n) is 3.84. The van der Waals surface area contributed by atoms with Crippen LogP contribution in [0.15, 0.2) is 6.07 Å². The van der Waals surface area contributed by atoms with E-state index in [1.807, 2.05) is 19.9 Å². The van der Waals surface area contributed by atoms with Crippen molar-refractivity contribution in [1.82, 2.24) is 19.9 Å². The molecule has 2 aromatic heterocycles. The Kier molecular flexibility index (Phi) is 3.64. The topological polar surface area (TPSA) is 137 Å². The number of aromatic nitrogens is 3. The summed E-state index contributed by atoms with van der Waals surface area (Å²) in [5.74, 6) is 0.473. The van der Waals surface area contributed by atoms with Crippen molar-refractivity contribution >= 4 is 28.9 Å². The number of hydrogen-bond acceptors (Lipinski definition) is 7. The number of nitrogens with zero attached hydrogens (tertiary/aromatic N) is 4. The van der Waals surface area contributed by atoms with Crippen LogP contribution in [0.1, 0.15) is 17.7 Å². The second-order valence-corrected chi connectivity index (χ2v) is 5.70. The summed E-state index contributed by atoms with van der Waals surface area (Å²) < 4.78 is 0. The lowest BCUT2D eigenvalue weighted by Gasteiger charge is -2.22. The number of amides is 1. The quantitative estimate of drug-likeness (QED) is 0.635. The summed E-state index contributed by atoms with van der Waals surface area (Å²) >= 11 is 0. The maximum absolute atomic E-state index is 11.2. The van der Waals surface area contributed by atoms with E-state index in [1.165, 1.54) is 0 Å². The van der Waals surface area contributed by atoms with Gasteiger partial charge in [-0.25, -0.2) is 9.78 Å². The van der Waals surface area contributed by atoms with Crippen LogP contribution in [0, 0.1) is 13.8 Å². The molecule has 1 aliphatic heterocycles. The number of rotatable bonds is 2. The Balaban J connectivity index is 1.96. The number of hydrogen-bond donors (Lipinski definition) is 4. The van der Waals surface area contributed by atoms with Crippen LogP contribution in [0.4, 0.5) is 16.6 Å². The number of pyridine rings is 1. The number of nitrogens with two attached hydrogens (primary N) is 1. The molecule has 1 fully saturated rings. The van der Waals surface area contributed by atoms with E-state index in [0.717, 1.165) is 16.2 Å². The van der Waals surface area contributed by atoms with Gasteiger partial charge < -0.3 is 21.3 Å². The lowest BCUT2D eigenvalue weighted by molar-refractivity contribution is 0.134. The Labute approximate surface area is 132 Å². The predicted octanol–water partition coefficient (Wildman–Crippen LogP) is 0.706. The molecule has 2 aromatic rings. The molecule has 1 aliphatic rings. The first-order valence-corrected chi connectivity index (χ1v) is 7.21. The Morgan fingerprint density at radius 2 is 2.13 bits per heavy atom. The van der Waals surface area contributed by atoms with Crippen molar-refractivity contribution in [1.29, 1.82) is 0 Å². The molecule has 1 saturated heterocycles. The highest BCUT2D eigenvalue weighted by Gasteiger charge is 2.34. The lowest BCUT2D eigenvalue weighted by Crippen LogP contribution is -2.39. The van der Waals surface area contributed by atoms with Crippen LogP contribution in [0.3, 0.4) is 0 Å². The van der Waals surface area contributed by atoms with Crippen LogP contribution in [0.5, 0.6) is 0 Å². The fraction of sp³-hybridized carbons (Fsp3) is 0.429. The van der Waals surface area contributed by atoms with E-state index in [0.29, 0.717) is 11.0 Å². The first kappa shape index (κ1) is 15.2. The van der Waals surface area contributed by atoms with E-state index in [1.54, 1.807) is 0 Å². The van der Waals surface area contributed by atoms with E-state index in [4.69, 9.17) is 5.73 Å². The highest BCUT2D eigenvalue weighted by Crippen LogP contribution is 2.24. The average molecular weight is 318 g/mol. The van der Waals surface area contributed by atoms with Gasteiger partial charge >= 0.3 is 6.09 Å². The van der Waals surface area contributed by atoms with Crippen molar-refractivity contribution in [2.24, 2.45) is 0 Å². The highest BCUT2D eigenvalue weighted by atomic mass is 16.4. The average Bonchev–Trinajstić information content (AvgIpc) is 2.78. The monoisotopic (exact) mass is 318 g/mol. The zero-order valence-electron chi connectivity index (χ0n) is 12.8. The minimum atomic E-state index is -1.11. The van der Waals surface area contributed by atoms with E-state index in [-0.39, 0.29) is 24.7 Å². The minimum absolute atomic E-state index is 0.0481. The number of nitrogens with one attached hydrogen (secondary N) is 1. The van der Waals surface area contributed by atoms with Gasteiger partial charge in [0.05, 0.1) is 18.0 Å².